The van der Waals surface area contributed by atoms with Crippen LogP contribution in [-0.4, -0.2) is 88.2 Å². The molecule has 2 aliphatic heterocycles. The van der Waals surface area contributed by atoms with E-state index < -0.39 is 40.4 Å². The van der Waals surface area contributed by atoms with Gasteiger partial charge in [0.25, 0.3) is 11.7 Å². The first-order valence-corrected chi connectivity index (χ1v) is 11.6. The molecule has 0 aliphatic carbocycles. The number of nitrogens with one attached hydrogen (secondary N) is 1. The molecule has 164 valence electrons. The lowest BCUT2D eigenvalue weighted by molar-refractivity contribution is -0.157. The number of carbonyl (C=O) groups is 4. The Balaban J connectivity index is 1.40. The highest BCUT2D eigenvalue weighted by Crippen LogP contribution is 2.44. The summed E-state index contributed by atoms with van der Waals surface area (Å²) in [5, 5.41) is 23.6. The van der Waals surface area contributed by atoms with Gasteiger partial charge in [0, 0.05) is 25.1 Å². The Morgan fingerprint density at radius 3 is 2.84 bits per heavy atom. The summed E-state index contributed by atoms with van der Waals surface area (Å²) in [6.45, 7) is -0.0111. The number of nitrogens with zero attached hydrogens (tertiary/aromatic N) is 6. The minimum Gasteiger partial charge on any atom is -0.481 e. The summed E-state index contributed by atoms with van der Waals surface area (Å²) >= 11 is 3.33. The molecule has 13 nitrogen and oxygen atoms in total. The third-order valence-corrected chi connectivity index (χ3v) is 8.61. The molecule has 2 aromatic rings. The van der Waals surface area contributed by atoms with Gasteiger partial charge in [-0.25, -0.2) is 9.67 Å². The molecule has 2 fully saturated rings. The highest BCUT2D eigenvalue weighted by Gasteiger charge is 2.57. The predicted octanol–water partition coefficient (Wildman–Crippen LogP) is -1.31. The third-order valence-electron chi connectivity index (χ3n) is 4.90. The van der Waals surface area contributed by atoms with Crippen LogP contribution >= 0.6 is 34.9 Å². The second-order valence-electron chi connectivity index (χ2n) is 6.97. The summed E-state index contributed by atoms with van der Waals surface area (Å²) in [6.07, 6.45) is 1.21. The minimum absolute atomic E-state index is 0.0111. The molecule has 2 saturated heterocycles. The Hall–Kier alpha value is -2.72. The van der Waals surface area contributed by atoms with Gasteiger partial charge < -0.3 is 21.1 Å². The molecule has 16 heteroatoms. The number of nitrogen functional groups attached to an aromatic ring is 1. The zero-order valence-corrected chi connectivity index (χ0v) is 18.4. The summed E-state index contributed by atoms with van der Waals surface area (Å²) in [5.41, 5.74) is 4.28. The van der Waals surface area contributed by atoms with Crippen molar-refractivity contribution in [3.63, 3.8) is 0 Å². The van der Waals surface area contributed by atoms with Crippen molar-refractivity contribution >= 4 is 63.6 Å². The van der Waals surface area contributed by atoms with Crippen molar-refractivity contribution < 1.29 is 24.3 Å². The fourth-order valence-electron chi connectivity index (χ4n) is 3.16. The second kappa shape index (κ2) is 8.08. The normalized spacial score (nSPS) is 24.9. The number of carboxylic acids is 1. The lowest BCUT2D eigenvalue weighted by Crippen LogP contribution is -2.74. The number of thiazole rings is 1. The van der Waals surface area contributed by atoms with E-state index in [-0.39, 0.29) is 28.1 Å². The molecular formula is C15H16N8O5S3. The van der Waals surface area contributed by atoms with E-state index in [0.717, 1.165) is 11.3 Å². The number of rotatable bonds is 7. The lowest BCUT2D eigenvalue weighted by atomic mass is 9.89. The van der Waals surface area contributed by atoms with E-state index in [1.165, 1.54) is 39.3 Å². The summed E-state index contributed by atoms with van der Waals surface area (Å²) in [5.74, 6) is -2.82. The Morgan fingerprint density at radius 1 is 1.45 bits per heavy atom. The summed E-state index contributed by atoms with van der Waals surface area (Å²) in [6, 6.07) is -0.894. The van der Waals surface area contributed by atoms with Gasteiger partial charge in [-0.1, -0.05) is 23.1 Å². The summed E-state index contributed by atoms with van der Waals surface area (Å²) in [4.78, 5) is 54.3. The van der Waals surface area contributed by atoms with Gasteiger partial charge in [-0.3, -0.25) is 19.2 Å². The topological polar surface area (TPSA) is 186 Å². The van der Waals surface area contributed by atoms with E-state index in [9.17, 15) is 24.3 Å². The van der Waals surface area contributed by atoms with Crippen LogP contribution in [0.3, 0.4) is 0 Å². The quantitative estimate of drug-likeness (QED) is 0.183. The number of aliphatic carboxylic acids is 1. The van der Waals surface area contributed by atoms with Crippen molar-refractivity contribution in [1.82, 2.24) is 35.4 Å². The molecule has 31 heavy (non-hydrogen) atoms. The van der Waals surface area contributed by atoms with Crippen molar-refractivity contribution in [3.05, 3.63) is 11.1 Å². The van der Waals surface area contributed by atoms with Crippen LogP contribution < -0.4 is 11.1 Å². The number of thioether (sulfide) groups is 2. The maximum Gasteiger partial charge on any atom is 0.313 e. The Kier molecular flexibility index (Phi) is 5.61. The zero-order chi connectivity index (χ0) is 22.3. The number of anilines is 1. The van der Waals surface area contributed by atoms with Crippen LogP contribution in [0.1, 0.15) is 9.67 Å². The van der Waals surface area contributed by atoms with Crippen molar-refractivity contribution in [3.8, 4) is 0 Å². The number of β-lactam (4-membered cyclic amide) rings is 1. The molecule has 2 aromatic heterocycles. The third kappa shape index (κ3) is 3.85. The maximum atomic E-state index is 12.6. The monoisotopic (exact) mass is 484 g/mol. The molecule has 3 atom stereocenters. The van der Waals surface area contributed by atoms with Gasteiger partial charge in [-0.15, -0.1) is 16.9 Å². The molecule has 4 heterocycles. The van der Waals surface area contributed by atoms with Crippen molar-refractivity contribution in [1.29, 1.82) is 0 Å². The largest absolute Gasteiger partial charge is 0.481 e. The fraction of sp³-hybridized carbons (Fsp3) is 0.467. The lowest BCUT2D eigenvalue weighted by Gasteiger charge is -2.53. The molecule has 0 radical (unpaired) electrons. The van der Waals surface area contributed by atoms with E-state index in [1.807, 2.05) is 0 Å². The van der Waals surface area contributed by atoms with Gasteiger partial charge in [-0.05, 0) is 10.4 Å². The van der Waals surface area contributed by atoms with E-state index >= 15 is 0 Å². The molecule has 2 amide bonds. The second-order valence-corrected chi connectivity index (χ2v) is 10.1. The molecule has 0 spiro atoms. The Bertz CT molecular complexity index is 1070. The SMILES string of the molecule is Cn1nnnc1SCC1(C(=O)O)CS[C@@H]2C(NC(=O)C(=O)c3cnc(N)s3)C(=O)N2C1. The number of ketones is 1. The van der Waals surface area contributed by atoms with Gasteiger partial charge in [0.05, 0.1) is 6.20 Å². The van der Waals surface area contributed by atoms with E-state index in [4.69, 9.17) is 5.73 Å². The number of fused-ring (bicyclic) bond motifs is 1. The van der Waals surface area contributed by atoms with E-state index in [1.54, 1.807) is 7.05 Å². The van der Waals surface area contributed by atoms with Gasteiger partial charge in [-0.2, -0.15) is 0 Å². The van der Waals surface area contributed by atoms with Crippen LogP contribution in [0.5, 0.6) is 0 Å². The molecule has 2 unspecified atom stereocenters. The Labute approximate surface area is 187 Å². The number of aryl methyl sites for hydroxylation is 1. The smallest absolute Gasteiger partial charge is 0.313 e. The molecule has 0 aromatic carbocycles. The van der Waals surface area contributed by atoms with Crippen LogP contribution in [0, 0.1) is 5.41 Å². The number of Topliss-reactive ketones (excluding diaryl/α,β-unsaturated/α-hetero) is 1. The summed E-state index contributed by atoms with van der Waals surface area (Å²) < 4.78 is 1.44. The number of carboxylic acid groups (broad SMARTS) is 1. The highest BCUT2D eigenvalue weighted by molar-refractivity contribution is 8.00. The summed E-state index contributed by atoms with van der Waals surface area (Å²) in [7, 11) is 1.65. The average Bonchev–Trinajstić information content (AvgIpc) is 3.37. The average molecular weight is 485 g/mol. The number of amides is 2. The highest BCUT2D eigenvalue weighted by atomic mass is 32.2. The molecular weight excluding hydrogens is 468 g/mol. The molecule has 2 aliphatic rings. The molecule has 0 saturated carbocycles. The van der Waals surface area contributed by atoms with Gasteiger partial charge >= 0.3 is 5.97 Å². The van der Waals surface area contributed by atoms with Gasteiger partial charge in [0.15, 0.2) is 5.13 Å². The van der Waals surface area contributed by atoms with Crippen LogP contribution in [-0.2, 0) is 21.4 Å². The maximum absolute atomic E-state index is 12.6. The first-order chi connectivity index (χ1) is 14.7. The fourth-order valence-corrected chi connectivity index (χ4v) is 6.50. The van der Waals surface area contributed by atoms with Crippen LogP contribution in [0.15, 0.2) is 11.4 Å². The van der Waals surface area contributed by atoms with Crippen molar-refractivity contribution in [2.24, 2.45) is 12.5 Å². The standard InChI is InChI=1S/C15H16N8O5S3/c1-22-14(19-20-21-22)30-5-15(12(27)28)3-23-10(26)7(11(23)29-4-15)18-9(25)8(24)6-2-17-13(16)31-6/h2,7,11H,3-5H2,1H3,(H2,16,17)(H,18,25)(H,27,28)/t7?,11-,15?/m1/s1. The van der Waals surface area contributed by atoms with Crippen molar-refractivity contribution in [2.75, 3.05) is 23.8 Å². The van der Waals surface area contributed by atoms with E-state index in [2.05, 4.69) is 25.8 Å². The van der Waals surface area contributed by atoms with E-state index in [0.29, 0.717) is 5.16 Å². The zero-order valence-electron chi connectivity index (χ0n) is 15.9. The van der Waals surface area contributed by atoms with Gasteiger partial charge in [0.2, 0.25) is 11.1 Å². The number of carbonyl (C=O) groups excluding carboxylic acids is 3. The number of nitrogens with two attached hydrogens (primary N) is 1. The van der Waals surface area contributed by atoms with Crippen LogP contribution in [0.25, 0.3) is 0 Å². The minimum atomic E-state index is -1.20. The number of tetrazole rings is 1. The first kappa shape index (κ1) is 21.5. The number of hydrogen-bond acceptors (Lipinski definition) is 12. The first-order valence-electron chi connectivity index (χ1n) is 8.79. The Morgan fingerprint density at radius 2 is 2.23 bits per heavy atom. The van der Waals surface area contributed by atoms with Crippen LogP contribution in [0.4, 0.5) is 5.13 Å². The van der Waals surface area contributed by atoms with Crippen molar-refractivity contribution in [2.45, 2.75) is 16.6 Å². The van der Waals surface area contributed by atoms with Crippen LogP contribution in [0.2, 0.25) is 0 Å². The molecule has 4 N–H and O–H groups in total. The number of aromatic nitrogens is 5. The molecule has 0 bridgehead atoms. The number of hydrogen-bond donors (Lipinski definition) is 3. The predicted molar refractivity (Wildman–Crippen MR) is 110 cm³/mol. The van der Waals surface area contributed by atoms with Gasteiger partial charge in [0.1, 0.15) is 21.7 Å². The molecule has 4 rings (SSSR count).